The molecule has 0 amide bonds. The number of rotatable bonds is 6. The molecule has 0 aliphatic rings. The summed E-state index contributed by atoms with van der Waals surface area (Å²) in [5.41, 5.74) is 1.79. The van der Waals surface area contributed by atoms with Gasteiger partial charge in [0.2, 0.25) is 0 Å². The molecule has 0 saturated carbocycles. The van der Waals surface area contributed by atoms with Crippen molar-refractivity contribution in [2.75, 3.05) is 17.2 Å². The van der Waals surface area contributed by atoms with Crippen molar-refractivity contribution in [2.45, 2.75) is 26.7 Å². The van der Waals surface area contributed by atoms with Crippen LogP contribution >= 0.6 is 23.2 Å². The summed E-state index contributed by atoms with van der Waals surface area (Å²) in [7, 11) is 0. The molecule has 6 heteroatoms. The molecule has 0 aliphatic heterocycles. The maximum Gasteiger partial charge on any atom is 0.139 e. The van der Waals surface area contributed by atoms with E-state index in [9.17, 15) is 0 Å². The summed E-state index contributed by atoms with van der Waals surface area (Å²) in [6.07, 6.45) is 3.42. The van der Waals surface area contributed by atoms with E-state index >= 15 is 0 Å². The second-order valence-electron chi connectivity index (χ2n) is 4.58. The highest BCUT2D eigenvalue weighted by Gasteiger charge is 2.12. The van der Waals surface area contributed by atoms with Gasteiger partial charge in [0.15, 0.2) is 0 Å². The van der Waals surface area contributed by atoms with Crippen LogP contribution in [0.5, 0.6) is 0 Å². The van der Waals surface area contributed by atoms with Crippen LogP contribution < -0.4 is 10.6 Å². The lowest BCUT2D eigenvalue weighted by molar-refractivity contribution is 0.902. The smallest absolute Gasteiger partial charge is 0.139 e. The molecule has 0 spiro atoms. The molecule has 21 heavy (non-hydrogen) atoms. The lowest BCUT2D eigenvalue weighted by atomic mass is 10.1. The number of nitrogens with one attached hydrogen (secondary N) is 2. The van der Waals surface area contributed by atoms with Crippen LogP contribution in [0.1, 0.15) is 25.8 Å². The first-order chi connectivity index (χ1) is 10.2. The number of aromatic nitrogens is 2. The zero-order valence-electron chi connectivity index (χ0n) is 12.1. The highest BCUT2D eigenvalue weighted by molar-refractivity contribution is 6.35. The van der Waals surface area contributed by atoms with E-state index < -0.39 is 0 Å². The quantitative estimate of drug-likeness (QED) is 0.792. The average molecular weight is 325 g/mol. The van der Waals surface area contributed by atoms with Gasteiger partial charge in [-0.3, -0.25) is 0 Å². The molecular formula is C15H18Cl2N4. The van der Waals surface area contributed by atoms with Gasteiger partial charge in [0.25, 0.3) is 0 Å². The summed E-state index contributed by atoms with van der Waals surface area (Å²) < 4.78 is 0. The number of halogens is 2. The Morgan fingerprint density at radius 3 is 2.57 bits per heavy atom. The summed E-state index contributed by atoms with van der Waals surface area (Å²) in [5, 5.41) is 7.75. The second kappa shape index (κ2) is 7.48. The van der Waals surface area contributed by atoms with E-state index in [1.165, 1.54) is 6.33 Å². The fourth-order valence-electron chi connectivity index (χ4n) is 2.05. The number of anilines is 3. The third-order valence-electron chi connectivity index (χ3n) is 2.97. The van der Waals surface area contributed by atoms with Crippen LogP contribution in [0, 0.1) is 0 Å². The molecule has 2 rings (SSSR count). The van der Waals surface area contributed by atoms with E-state index in [2.05, 4.69) is 27.5 Å². The van der Waals surface area contributed by atoms with Gasteiger partial charge in [0.1, 0.15) is 18.0 Å². The lowest BCUT2D eigenvalue weighted by Gasteiger charge is -2.15. The molecule has 2 aromatic rings. The van der Waals surface area contributed by atoms with E-state index in [0.717, 1.165) is 42.3 Å². The molecular weight excluding hydrogens is 307 g/mol. The largest absolute Gasteiger partial charge is 0.370 e. The van der Waals surface area contributed by atoms with E-state index in [-0.39, 0.29) is 0 Å². The van der Waals surface area contributed by atoms with Gasteiger partial charge in [-0.05, 0) is 31.5 Å². The first-order valence-corrected chi connectivity index (χ1v) is 7.71. The van der Waals surface area contributed by atoms with Crippen molar-refractivity contribution in [3.05, 3.63) is 40.1 Å². The summed E-state index contributed by atoms with van der Waals surface area (Å²) in [6, 6.07) is 5.30. The maximum absolute atomic E-state index is 6.20. The van der Waals surface area contributed by atoms with Crippen molar-refractivity contribution >= 4 is 40.5 Å². The maximum atomic E-state index is 6.20. The Labute approximate surface area is 134 Å². The van der Waals surface area contributed by atoms with Crippen LogP contribution in [-0.2, 0) is 6.42 Å². The zero-order chi connectivity index (χ0) is 15.2. The van der Waals surface area contributed by atoms with Crippen molar-refractivity contribution in [3.8, 4) is 0 Å². The fraction of sp³-hybridized carbons (Fsp3) is 0.333. The monoisotopic (exact) mass is 324 g/mol. The Morgan fingerprint density at radius 1 is 1.10 bits per heavy atom. The number of hydrogen-bond acceptors (Lipinski definition) is 4. The standard InChI is InChI=1S/C15H18Cl2N4/c1-3-5-11-14(18-4-2)19-9-20-15(11)21-13-8-10(16)6-7-12(13)17/h6-9H,3-5H2,1-2H3,(H2,18,19,20,21). The highest BCUT2D eigenvalue weighted by atomic mass is 35.5. The molecule has 0 saturated heterocycles. The molecule has 2 N–H and O–H groups in total. The molecule has 1 aromatic heterocycles. The topological polar surface area (TPSA) is 49.8 Å². The van der Waals surface area contributed by atoms with Gasteiger partial charge in [-0.15, -0.1) is 0 Å². The minimum Gasteiger partial charge on any atom is -0.370 e. The van der Waals surface area contributed by atoms with Crippen molar-refractivity contribution in [1.82, 2.24) is 9.97 Å². The molecule has 1 aromatic carbocycles. The van der Waals surface area contributed by atoms with Crippen molar-refractivity contribution < 1.29 is 0 Å². The van der Waals surface area contributed by atoms with Crippen LogP contribution in [0.3, 0.4) is 0 Å². The molecule has 0 radical (unpaired) electrons. The summed E-state index contributed by atoms with van der Waals surface area (Å²) in [6.45, 7) is 4.97. The molecule has 112 valence electrons. The minimum atomic E-state index is 0.602. The molecule has 1 heterocycles. The van der Waals surface area contributed by atoms with E-state index in [1.807, 2.05) is 6.92 Å². The fourth-order valence-corrected chi connectivity index (χ4v) is 2.38. The Morgan fingerprint density at radius 2 is 1.86 bits per heavy atom. The second-order valence-corrected chi connectivity index (χ2v) is 5.42. The van der Waals surface area contributed by atoms with Crippen molar-refractivity contribution in [2.24, 2.45) is 0 Å². The Kier molecular flexibility index (Phi) is 5.65. The van der Waals surface area contributed by atoms with Gasteiger partial charge in [-0.1, -0.05) is 36.5 Å². The third kappa shape index (κ3) is 3.99. The Bertz CT molecular complexity index is 617. The van der Waals surface area contributed by atoms with Gasteiger partial charge in [-0.25, -0.2) is 9.97 Å². The lowest BCUT2D eigenvalue weighted by Crippen LogP contribution is -2.08. The normalized spacial score (nSPS) is 10.5. The Balaban J connectivity index is 2.38. The summed E-state index contributed by atoms with van der Waals surface area (Å²) in [5.74, 6) is 1.61. The zero-order valence-corrected chi connectivity index (χ0v) is 13.6. The molecule has 0 fully saturated rings. The molecule has 0 atom stereocenters. The molecule has 4 nitrogen and oxygen atoms in total. The van der Waals surface area contributed by atoms with Crippen LogP contribution in [-0.4, -0.2) is 16.5 Å². The van der Waals surface area contributed by atoms with Gasteiger partial charge >= 0.3 is 0 Å². The van der Waals surface area contributed by atoms with Crippen LogP contribution in [0.25, 0.3) is 0 Å². The van der Waals surface area contributed by atoms with Crippen LogP contribution in [0.4, 0.5) is 17.3 Å². The molecule has 0 bridgehead atoms. The van der Waals surface area contributed by atoms with Crippen LogP contribution in [0.2, 0.25) is 10.0 Å². The predicted octanol–water partition coefficient (Wildman–Crippen LogP) is 4.91. The van der Waals surface area contributed by atoms with Crippen molar-refractivity contribution in [3.63, 3.8) is 0 Å². The number of hydrogen-bond donors (Lipinski definition) is 2. The summed E-state index contributed by atoms with van der Waals surface area (Å²) >= 11 is 12.2. The first kappa shape index (κ1) is 15.9. The third-order valence-corrected chi connectivity index (χ3v) is 3.54. The Hall–Kier alpha value is -1.52. The van der Waals surface area contributed by atoms with E-state index in [1.54, 1.807) is 18.2 Å². The van der Waals surface area contributed by atoms with Crippen molar-refractivity contribution in [1.29, 1.82) is 0 Å². The highest BCUT2D eigenvalue weighted by Crippen LogP contribution is 2.30. The van der Waals surface area contributed by atoms with Gasteiger partial charge in [0.05, 0.1) is 10.7 Å². The SMILES string of the molecule is CCCc1c(NCC)ncnc1Nc1cc(Cl)ccc1Cl. The van der Waals surface area contributed by atoms with Crippen LogP contribution in [0.15, 0.2) is 24.5 Å². The molecule has 0 aliphatic carbocycles. The van der Waals surface area contributed by atoms with Gasteiger partial charge < -0.3 is 10.6 Å². The number of benzene rings is 1. The van der Waals surface area contributed by atoms with Gasteiger partial charge in [-0.2, -0.15) is 0 Å². The first-order valence-electron chi connectivity index (χ1n) is 6.95. The predicted molar refractivity (Wildman–Crippen MR) is 89.9 cm³/mol. The van der Waals surface area contributed by atoms with E-state index in [4.69, 9.17) is 23.2 Å². The molecule has 0 unspecified atom stereocenters. The summed E-state index contributed by atoms with van der Waals surface area (Å²) in [4.78, 5) is 8.65. The number of nitrogens with zero attached hydrogens (tertiary/aromatic N) is 2. The minimum absolute atomic E-state index is 0.602. The van der Waals surface area contributed by atoms with Gasteiger partial charge in [0, 0.05) is 17.1 Å². The average Bonchev–Trinajstić information content (AvgIpc) is 2.46. The van der Waals surface area contributed by atoms with E-state index in [0.29, 0.717) is 10.0 Å².